The summed E-state index contributed by atoms with van der Waals surface area (Å²) in [4.78, 5) is 50.2. The number of aromatic nitrogens is 2. The molecule has 0 saturated carbocycles. The van der Waals surface area contributed by atoms with E-state index in [9.17, 15) is 19.2 Å². The van der Waals surface area contributed by atoms with Gasteiger partial charge in [0.15, 0.2) is 0 Å². The van der Waals surface area contributed by atoms with E-state index in [-0.39, 0.29) is 47.7 Å². The van der Waals surface area contributed by atoms with Crippen LogP contribution in [0, 0.1) is 0 Å². The summed E-state index contributed by atoms with van der Waals surface area (Å²) in [7, 11) is 0. The third-order valence-corrected chi connectivity index (χ3v) is 5.55. The van der Waals surface area contributed by atoms with Gasteiger partial charge in [-0.2, -0.15) is 0 Å². The third kappa shape index (κ3) is 8.09. The number of benzene rings is 2. The van der Waals surface area contributed by atoms with Crippen LogP contribution in [0.25, 0.3) is 21.8 Å². The molecule has 11 heteroatoms. The summed E-state index contributed by atoms with van der Waals surface area (Å²) < 4.78 is 0. The lowest BCUT2D eigenvalue weighted by atomic mass is 10.1. The minimum Gasteiger partial charge on any atom is -0.480 e. The lowest BCUT2D eigenvalue weighted by Gasteiger charge is -2.12. The Labute approximate surface area is 229 Å². The third-order valence-electron chi connectivity index (χ3n) is 5.55. The Balaban J connectivity index is 0.000000253. The van der Waals surface area contributed by atoms with Gasteiger partial charge >= 0.3 is 11.9 Å². The van der Waals surface area contributed by atoms with Crippen LogP contribution in [0.1, 0.15) is 25.0 Å². The zero-order valence-electron chi connectivity index (χ0n) is 20.6. The van der Waals surface area contributed by atoms with E-state index in [1.165, 1.54) is 13.8 Å². The predicted octanol–water partition coefficient (Wildman–Crippen LogP) is 2.22. The van der Waals surface area contributed by atoms with Crippen molar-refractivity contribution in [3.05, 3.63) is 72.1 Å². The number of aliphatic carboxylic acids is 2. The first-order chi connectivity index (χ1) is 17.2. The fraction of sp³-hybridized carbons (Fsp3) is 0.231. The molecule has 0 fully saturated rings. The molecule has 0 aliphatic rings. The normalized spacial score (nSPS) is 11.9. The number of aromatic amines is 2. The molecule has 4 aromatic rings. The molecule has 10 nitrogen and oxygen atoms in total. The van der Waals surface area contributed by atoms with Gasteiger partial charge in [-0.25, -0.2) is 9.59 Å². The van der Waals surface area contributed by atoms with Gasteiger partial charge in [-0.3, -0.25) is 9.59 Å². The van der Waals surface area contributed by atoms with Crippen LogP contribution < -0.4 is 10.6 Å². The van der Waals surface area contributed by atoms with Gasteiger partial charge < -0.3 is 30.8 Å². The van der Waals surface area contributed by atoms with Gasteiger partial charge in [0.2, 0.25) is 11.8 Å². The maximum atomic E-state index is 11.1. The molecule has 2 aromatic heterocycles. The van der Waals surface area contributed by atoms with Crippen LogP contribution >= 0.6 is 0 Å². The predicted molar refractivity (Wildman–Crippen MR) is 140 cm³/mol. The Hall–Kier alpha value is -3.83. The number of nitrogens with one attached hydrogen (secondary N) is 4. The van der Waals surface area contributed by atoms with Crippen LogP contribution in [0.4, 0.5) is 0 Å². The van der Waals surface area contributed by atoms with Gasteiger partial charge in [0.05, 0.1) is 0 Å². The molecule has 0 bridgehead atoms. The topological polar surface area (TPSA) is 164 Å². The maximum absolute atomic E-state index is 11.1. The number of para-hydroxylation sites is 2. The molecule has 6 N–H and O–H groups in total. The van der Waals surface area contributed by atoms with Gasteiger partial charge in [-0.15, -0.1) is 0 Å². The smallest absolute Gasteiger partial charge is 0.326 e. The number of carbonyl (C=O) groups is 4. The summed E-state index contributed by atoms with van der Waals surface area (Å²) in [6, 6.07) is 13.5. The Morgan fingerprint density at radius 2 is 1.05 bits per heavy atom. The van der Waals surface area contributed by atoms with E-state index < -0.39 is 24.0 Å². The number of fused-ring (bicyclic) bond motifs is 2. The average molecular weight is 517 g/mol. The second-order valence-corrected chi connectivity index (χ2v) is 8.31. The molecule has 2 heterocycles. The van der Waals surface area contributed by atoms with Crippen molar-refractivity contribution >= 4 is 68.6 Å². The van der Waals surface area contributed by atoms with E-state index in [2.05, 4.69) is 20.6 Å². The number of carboxylic acids is 2. The number of hydrogen-bond donors (Lipinski definition) is 6. The number of hydrogen-bond acceptors (Lipinski definition) is 4. The Morgan fingerprint density at radius 3 is 1.38 bits per heavy atom. The van der Waals surface area contributed by atoms with Gasteiger partial charge in [-0.1, -0.05) is 36.4 Å². The fourth-order valence-electron chi connectivity index (χ4n) is 3.93. The number of rotatable bonds is 8. The highest BCUT2D eigenvalue weighted by Gasteiger charge is 2.21. The van der Waals surface area contributed by atoms with Crippen molar-refractivity contribution in [2.24, 2.45) is 0 Å². The summed E-state index contributed by atoms with van der Waals surface area (Å²) in [5.41, 5.74) is 3.68. The van der Waals surface area contributed by atoms with Crippen LogP contribution in [-0.4, -0.2) is 79.1 Å². The minimum absolute atomic E-state index is 0. The summed E-state index contributed by atoms with van der Waals surface area (Å²) in [5.74, 6) is -2.75. The van der Waals surface area contributed by atoms with E-state index >= 15 is 0 Å². The summed E-state index contributed by atoms with van der Waals surface area (Å²) in [6.45, 7) is 2.62. The molecule has 2 aromatic carbocycles. The Kier molecular flexibility index (Phi) is 10.7. The standard InChI is InChI=1S/2C13H14N2O3.Mg/c2*1-8(16)15-12(13(17)18)6-9-7-14-11-5-3-2-4-10(9)11;/h2*2-5,7,12,14H,6H2,1H3,(H,15,16)(H,17,18);. The first-order valence-electron chi connectivity index (χ1n) is 11.3. The van der Waals surface area contributed by atoms with E-state index in [4.69, 9.17) is 10.2 Å². The largest absolute Gasteiger partial charge is 0.480 e. The molecular weight excluding hydrogens is 489 g/mol. The van der Waals surface area contributed by atoms with Gasteiger partial charge in [0, 0.05) is 83.9 Å². The molecule has 37 heavy (non-hydrogen) atoms. The molecule has 4 rings (SSSR count). The first-order valence-corrected chi connectivity index (χ1v) is 11.3. The summed E-state index contributed by atoms with van der Waals surface area (Å²) in [6.07, 6.45) is 4.09. The summed E-state index contributed by atoms with van der Waals surface area (Å²) in [5, 5.41) is 25.0. The quantitative estimate of drug-likeness (QED) is 0.197. The molecular formula is C26H28MgN4O6. The van der Waals surface area contributed by atoms with Crippen molar-refractivity contribution in [1.29, 1.82) is 0 Å². The molecule has 2 amide bonds. The molecule has 0 aliphatic carbocycles. The van der Waals surface area contributed by atoms with Gasteiger partial charge in [-0.05, 0) is 23.3 Å². The molecule has 2 radical (unpaired) electrons. The van der Waals surface area contributed by atoms with E-state index in [0.717, 1.165) is 32.9 Å². The van der Waals surface area contributed by atoms with Crippen molar-refractivity contribution in [3.63, 3.8) is 0 Å². The van der Waals surface area contributed by atoms with Crippen molar-refractivity contribution in [2.75, 3.05) is 0 Å². The Bertz CT molecular complexity index is 1290. The zero-order valence-corrected chi connectivity index (χ0v) is 22.0. The first kappa shape index (κ1) is 29.4. The fourth-order valence-corrected chi connectivity index (χ4v) is 3.93. The number of H-pyrrole nitrogens is 2. The SMILES string of the molecule is CC(=O)NC(Cc1c[nH]c2ccccc12)C(=O)O.CC(=O)NC(Cc1c[nH]c2ccccc12)C(=O)O.[Mg]. The molecule has 0 aliphatic heterocycles. The van der Waals surface area contributed by atoms with Crippen LogP contribution in [-0.2, 0) is 32.0 Å². The van der Waals surface area contributed by atoms with Crippen LogP contribution in [0.5, 0.6) is 0 Å². The highest BCUT2D eigenvalue weighted by molar-refractivity contribution is 5.87. The monoisotopic (exact) mass is 516 g/mol. The van der Waals surface area contributed by atoms with E-state index in [1.54, 1.807) is 12.4 Å². The molecule has 0 spiro atoms. The molecule has 2 atom stereocenters. The average Bonchev–Trinajstić information content (AvgIpc) is 3.42. The van der Waals surface area contributed by atoms with Crippen molar-refractivity contribution in [1.82, 2.24) is 20.6 Å². The van der Waals surface area contributed by atoms with Crippen LogP contribution in [0.2, 0.25) is 0 Å². The van der Waals surface area contributed by atoms with Crippen molar-refractivity contribution in [3.8, 4) is 0 Å². The minimum atomic E-state index is -1.03. The lowest BCUT2D eigenvalue weighted by Crippen LogP contribution is -2.41. The maximum Gasteiger partial charge on any atom is 0.326 e. The van der Waals surface area contributed by atoms with Gasteiger partial charge in [0.25, 0.3) is 0 Å². The van der Waals surface area contributed by atoms with Crippen molar-refractivity contribution in [2.45, 2.75) is 38.8 Å². The number of carbonyl (C=O) groups excluding carboxylic acids is 2. The Morgan fingerprint density at radius 1 is 0.703 bits per heavy atom. The molecule has 0 saturated heterocycles. The lowest BCUT2D eigenvalue weighted by molar-refractivity contribution is -0.141. The summed E-state index contributed by atoms with van der Waals surface area (Å²) >= 11 is 0. The van der Waals surface area contributed by atoms with E-state index in [1.807, 2.05) is 48.5 Å². The van der Waals surface area contributed by atoms with Gasteiger partial charge in [0.1, 0.15) is 12.1 Å². The van der Waals surface area contributed by atoms with Crippen molar-refractivity contribution < 1.29 is 29.4 Å². The van der Waals surface area contributed by atoms with E-state index in [0.29, 0.717) is 0 Å². The highest BCUT2D eigenvalue weighted by atomic mass is 24.3. The second-order valence-electron chi connectivity index (χ2n) is 8.31. The van der Waals surface area contributed by atoms with Crippen LogP contribution in [0.15, 0.2) is 60.9 Å². The second kappa shape index (κ2) is 13.5. The van der Waals surface area contributed by atoms with Crippen LogP contribution in [0.3, 0.4) is 0 Å². The molecule has 2 unspecified atom stereocenters. The zero-order chi connectivity index (χ0) is 26.2. The highest BCUT2D eigenvalue weighted by Crippen LogP contribution is 2.20. The molecule has 190 valence electrons. The number of carboxylic acid groups (broad SMARTS) is 2. The number of amides is 2.